The molecule has 8 heteroatoms. The van der Waals surface area contributed by atoms with Gasteiger partial charge in [-0.05, 0) is 49.6 Å². The van der Waals surface area contributed by atoms with Crippen molar-refractivity contribution >= 4 is 57.2 Å². The van der Waals surface area contributed by atoms with Gasteiger partial charge in [0.1, 0.15) is 17.9 Å². The Morgan fingerprint density at radius 3 is 2.69 bits per heavy atom. The lowest BCUT2D eigenvalue weighted by molar-refractivity contribution is -0.122. The number of furan rings is 1. The highest BCUT2D eigenvalue weighted by atomic mass is 35.5. The van der Waals surface area contributed by atoms with Gasteiger partial charge in [-0.25, -0.2) is 0 Å². The highest BCUT2D eigenvalue weighted by Crippen LogP contribution is 2.39. The number of para-hydroxylation sites is 1. The SMILES string of the molecule is Cl.Cn1cc(C2=C(c3cccc4ccoc34)C(=O)NC2=O)c2cc(OCCNCC3CC3)ccc21. The number of nitrogens with one attached hydrogen (secondary N) is 2. The van der Waals surface area contributed by atoms with Gasteiger partial charge < -0.3 is 19.0 Å². The van der Waals surface area contributed by atoms with Gasteiger partial charge in [0.25, 0.3) is 11.8 Å². The summed E-state index contributed by atoms with van der Waals surface area (Å²) in [4.78, 5) is 25.9. The molecule has 2 aromatic carbocycles. The van der Waals surface area contributed by atoms with Gasteiger partial charge in [0, 0.05) is 47.2 Å². The van der Waals surface area contributed by atoms with Crippen LogP contribution in [-0.2, 0) is 16.6 Å². The number of fused-ring (bicyclic) bond motifs is 2. The van der Waals surface area contributed by atoms with Gasteiger partial charge in [-0.1, -0.05) is 18.2 Å². The van der Waals surface area contributed by atoms with Crippen molar-refractivity contribution in [3.05, 3.63) is 66.1 Å². The van der Waals surface area contributed by atoms with Crippen LogP contribution in [0.4, 0.5) is 0 Å². The third-order valence-electron chi connectivity index (χ3n) is 6.59. The van der Waals surface area contributed by atoms with Gasteiger partial charge in [0.05, 0.1) is 17.4 Å². The molecular weight excluding hydrogens is 466 g/mol. The van der Waals surface area contributed by atoms with E-state index >= 15 is 0 Å². The number of carbonyl (C=O) groups is 2. The number of imide groups is 1. The van der Waals surface area contributed by atoms with Crippen molar-refractivity contribution in [3.8, 4) is 5.75 Å². The van der Waals surface area contributed by atoms with E-state index < -0.39 is 11.8 Å². The summed E-state index contributed by atoms with van der Waals surface area (Å²) >= 11 is 0. The van der Waals surface area contributed by atoms with Crippen molar-refractivity contribution in [2.75, 3.05) is 19.7 Å². The largest absolute Gasteiger partial charge is 0.492 e. The fraction of sp³-hybridized carbons (Fsp3) is 0.259. The highest BCUT2D eigenvalue weighted by Gasteiger charge is 2.35. The Balaban J connectivity index is 0.00000253. The average Bonchev–Trinajstić information content (AvgIpc) is 3.30. The fourth-order valence-electron chi connectivity index (χ4n) is 4.69. The lowest BCUT2D eigenvalue weighted by atomic mass is 9.95. The summed E-state index contributed by atoms with van der Waals surface area (Å²) in [7, 11) is 1.93. The second-order valence-corrected chi connectivity index (χ2v) is 9.01. The predicted octanol–water partition coefficient (Wildman–Crippen LogP) is 4.29. The van der Waals surface area contributed by atoms with Crippen LogP contribution in [0.25, 0.3) is 33.0 Å². The predicted molar refractivity (Wildman–Crippen MR) is 137 cm³/mol. The quantitative estimate of drug-likeness (QED) is 0.284. The number of amides is 2. The summed E-state index contributed by atoms with van der Waals surface area (Å²) in [6.45, 7) is 2.40. The third-order valence-corrected chi connectivity index (χ3v) is 6.59. The van der Waals surface area contributed by atoms with Gasteiger partial charge in [0.15, 0.2) is 0 Å². The number of ether oxygens (including phenoxy) is 1. The molecule has 6 rings (SSSR count). The summed E-state index contributed by atoms with van der Waals surface area (Å²) in [5.74, 6) is 0.730. The van der Waals surface area contributed by atoms with Gasteiger partial charge >= 0.3 is 0 Å². The molecule has 2 N–H and O–H groups in total. The molecule has 35 heavy (non-hydrogen) atoms. The smallest absolute Gasteiger partial charge is 0.259 e. The van der Waals surface area contributed by atoms with Crippen molar-refractivity contribution in [3.63, 3.8) is 0 Å². The number of carbonyl (C=O) groups excluding carboxylic acids is 2. The first-order chi connectivity index (χ1) is 16.6. The molecule has 3 heterocycles. The van der Waals surface area contributed by atoms with E-state index in [1.807, 2.05) is 60.3 Å². The van der Waals surface area contributed by atoms with Crippen LogP contribution < -0.4 is 15.4 Å². The minimum atomic E-state index is -0.421. The number of aromatic nitrogens is 1. The Morgan fingerprint density at radius 2 is 1.89 bits per heavy atom. The Labute approximate surface area is 208 Å². The molecule has 0 unspecified atom stereocenters. The Morgan fingerprint density at radius 1 is 1.09 bits per heavy atom. The van der Waals surface area contributed by atoms with E-state index in [2.05, 4.69) is 10.6 Å². The van der Waals surface area contributed by atoms with E-state index in [-0.39, 0.29) is 12.4 Å². The monoisotopic (exact) mass is 491 g/mol. The molecule has 0 atom stereocenters. The first kappa shape index (κ1) is 23.2. The molecular formula is C27H26ClN3O4. The van der Waals surface area contributed by atoms with Crippen LogP contribution in [0.5, 0.6) is 5.75 Å². The lowest BCUT2D eigenvalue weighted by Gasteiger charge is -2.09. The molecule has 1 saturated carbocycles. The van der Waals surface area contributed by atoms with E-state index in [1.54, 1.807) is 6.26 Å². The van der Waals surface area contributed by atoms with Gasteiger partial charge in [-0.15, -0.1) is 12.4 Å². The summed E-state index contributed by atoms with van der Waals surface area (Å²) in [6.07, 6.45) is 6.12. The molecule has 2 amide bonds. The molecule has 180 valence electrons. The van der Waals surface area contributed by atoms with Crippen molar-refractivity contribution in [2.45, 2.75) is 12.8 Å². The van der Waals surface area contributed by atoms with Crippen LogP contribution in [0.2, 0.25) is 0 Å². The number of aryl methyl sites for hydroxylation is 1. The molecule has 0 saturated heterocycles. The second-order valence-electron chi connectivity index (χ2n) is 9.01. The minimum absolute atomic E-state index is 0. The van der Waals surface area contributed by atoms with E-state index in [1.165, 1.54) is 12.8 Å². The topological polar surface area (TPSA) is 85.5 Å². The van der Waals surface area contributed by atoms with Crippen LogP contribution in [0.3, 0.4) is 0 Å². The van der Waals surface area contributed by atoms with E-state index in [0.717, 1.165) is 41.0 Å². The second kappa shape index (κ2) is 9.24. The normalized spacial score (nSPS) is 15.7. The minimum Gasteiger partial charge on any atom is -0.492 e. The summed E-state index contributed by atoms with van der Waals surface area (Å²) in [5.41, 5.74) is 3.51. The maximum Gasteiger partial charge on any atom is 0.259 e. The van der Waals surface area contributed by atoms with Crippen molar-refractivity contribution in [1.29, 1.82) is 0 Å². The molecule has 0 bridgehead atoms. The maximum atomic E-state index is 13.0. The Bertz CT molecular complexity index is 1480. The average molecular weight is 492 g/mol. The molecule has 2 aliphatic rings. The number of rotatable bonds is 8. The summed E-state index contributed by atoms with van der Waals surface area (Å²) in [5, 5.41) is 7.64. The number of benzene rings is 2. The lowest BCUT2D eigenvalue weighted by Crippen LogP contribution is -2.23. The highest BCUT2D eigenvalue weighted by molar-refractivity contribution is 6.50. The Hall–Kier alpha value is -3.55. The van der Waals surface area contributed by atoms with Crippen LogP contribution in [0.1, 0.15) is 24.0 Å². The fourth-order valence-corrected chi connectivity index (χ4v) is 4.69. The van der Waals surface area contributed by atoms with Gasteiger partial charge in [0.2, 0.25) is 0 Å². The maximum absolute atomic E-state index is 13.0. The number of hydrogen-bond donors (Lipinski definition) is 2. The first-order valence-electron chi connectivity index (χ1n) is 11.6. The molecule has 0 spiro atoms. The zero-order valence-corrected chi connectivity index (χ0v) is 20.1. The molecule has 0 radical (unpaired) electrons. The number of halogens is 1. The standard InChI is InChI=1S/C27H25N3O4.ClH/c1-30-15-21(20-13-18(7-8-22(20)30)33-12-10-28-14-16-5-6-16)24-23(26(31)29-27(24)32)19-4-2-3-17-9-11-34-25(17)19;/h2-4,7-9,11,13,15-16,28H,5-6,10,12,14H2,1H3,(H,29,31,32);1H. The van der Waals surface area contributed by atoms with Gasteiger partial charge in [-0.3, -0.25) is 14.9 Å². The molecule has 7 nitrogen and oxygen atoms in total. The van der Waals surface area contributed by atoms with Crippen LogP contribution >= 0.6 is 12.4 Å². The van der Waals surface area contributed by atoms with Crippen molar-refractivity contribution in [2.24, 2.45) is 13.0 Å². The van der Waals surface area contributed by atoms with E-state index in [4.69, 9.17) is 9.15 Å². The van der Waals surface area contributed by atoms with Crippen LogP contribution in [0, 0.1) is 5.92 Å². The zero-order chi connectivity index (χ0) is 23.2. The number of hydrogen-bond acceptors (Lipinski definition) is 5. The van der Waals surface area contributed by atoms with Crippen molar-refractivity contribution < 1.29 is 18.7 Å². The summed E-state index contributed by atoms with van der Waals surface area (Å²) in [6, 6.07) is 13.3. The van der Waals surface area contributed by atoms with E-state index in [9.17, 15) is 9.59 Å². The van der Waals surface area contributed by atoms with Crippen molar-refractivity contribution in [1.82, 2.24) is 15.2 Å². The molecule has 1 aliphatic heterocycles. The van der Waals surface area contributed by atoms with Crippen LogP contribution in [0.15, 0.2) is 59.3 Å². The van der Waals surface area contributed by atoms with Gasteiger partial charge in [-0.2, -0.15) is 0 Å². The summed E-state index contributed by atoms with van der Waals surface area (Å²) < 4.78 is 13.6. The molecule has 1 aliphatic carbocycles. The molecule has 4 aromatic rings. The zero-order valence-electron chi connectivity index (χ0n) is 19.3. The van der Waals surface area contributed by atoms with E-state index in [0.29, 0.717) is 34.5 Å². The van der Waals surface area contributed by atoms with Crippen LogP contribution in [-0.4, -0.2) is 36.1 Å². The third kappa shape index (κ3) is 4.22. The number of nitrogens with zero attached hydrogens (tertiary/aromatic N) is 1. The molecule has 2 aromatic heterocycles. The first-order valence-corrected chi connectivity index (χ1v) is 11.6. The molecule has 1 fully saturated rings. The Kier molecular flexibility index (Phi) is 6.13.